The summed E-state index contributed by atoms with van der Waals surface area (Å²) in [5, 5.41) is 4.26. The summed E-state index contributed by atoms with van der Waals surface area (Å²) in [6.45, 7) is 10.3. The number of sulfonamides is 1. The minimum Gasteiger partial charge on any atom is -0.341 e. The molecule has 0 aliphatic rings. The molecule has 0 saturated heterocycles. The van der Waals surface area contributed by atoms with Crippen molar-refractivity contribution in [1.82, 2.24) is 14.7 Å². The number of amides is 1. The summed E-state index contributed by atoms with van der Waals surface area (Å²) < 4.78 is 30.1. The number of hydrogen-bond acceptors (Lipinski definition) is 4. The summed E-state index contributed by atoms with van der Waals surface area (Å²) >= 11 is 0. The molecule has 0 aliphatic carbocycles. The van der Waals surface area contributed by atoms with Gasteiger partial charge in [-0.15, -0.1) is 0 Å². The van der Waals surface area contributed by atoms with Gasteiger partial charge in [-0.1, -0.05) is 31.5 Å². The minimum atomic E-state index is -3.96. The van der Waals surface area contributed by atoms with Crippen LogP contribution in [0.2, 0.25) is 0 Å². The molecule has 7 nitrogen and oxygen atoms in total. The van der Waals surface area contributed by atoms with E-state index in [1.165, 1.54) is 4.31 Å². The summed E-state index contributed by atoms with van der Waals surface area (Å²) in [6, 6.07) is 7.18. The van der Waals surface area contributed by atoms with Gasteiger partial charge in [0.15, 0.2) is 0 Å². The summed E-state index contributed by atoms with van der Waals surface area (Å²) in [7, 11) is -2.25. The van der Waals surface area contributed by atoms with Gasteiger partial charge in [0.05, 0.1) is 17.1 Å². The predicted octanol–water partition coefficient (Wildman–Crippen LogP) is 3.19. The normalized spacial score (nSPS) is 11.5. The van der Waals surface area contributed by atoms with Gasteiger partial charge in [-0.05, 0) is 45.7 Å². The van der Waals surface area contributed by atoms with E-state index in [1.54, 1.807) is 42.6 Å². The van der Waals surface area contributed by atoms with E-state index in [9.17, 15) is 13.2 Å². The fourth-order valence-corrected chi connectivity index (χ4v) is 5.21. The van der Waals surface area contributed by atoms with Crippen molar-refractivity contribution in [2.24, 2.45) is 7.05 Å². The van der Waals surface area contributed by atoms with Crippen LogP contribution in [0.4, 0.5) is 5.69 Å². The van der Waals surface area contributed by atoms with E-state index in [0.717, 1.165) is 18.4 Å². The Balaban J connectivity index is 2.53. The molecule has 1 amide bonds. The average Bonchev–Trinajstić information content (AvgIpc) is 2.92. The van der Waals surface area contributed by atoms with Gasteiger partial charge in [0, 0.05) is 20.1 Å². The van der Waals surface area contributed by atoms with Crippen LogP contribution in [0.3, 0.4) is 0 Å². The van der Waals surface area contributed by atoms with Crippen LogP contribution in [-0.2, 0) is 21.9 Å². The maximum Gasteiger partial charge on any atom is 0.268 e. The number of aryl methyl sites for hydroxylation is 3. The Hall–Kier alpha value is -2.35. The van der Waals surface area contributed by atoms with Crippen molar-refractivity contribution in [3.05, 3.63) is 41.2 Å². The molecule has 0 saturated carbocycles. The Labute approximate surface area is 174 Å². The zero-order valence-electron chi connectivity index (χ0n) is 18.3. The Kier molecular flexibility index (Phi) is 7.46. The molecule has 2 rings (SSSR count). The molecule has 8 heteroatoms. The molecule has 160 valence electrons. The molecule has 1 aromatic heterocycles. The highest BCUT2D eigenvalue weighted by atomic mass is 32.2. The number of aromatic nitrogens is 2. The molecular weight excluding hydrogens is 388 g/mol. The predicted molar refractivity (Wildman–Crippen MR) is 116 cm³/mol. The van der Waals surface area contributed by atoms with Crippen molar-refractivity contribution in [3.8, 4) is 0 Å². The third kappa shape index (κ3) is 4.98. The lowest BCUT2D eigenvalue weighted by atomic mass is 10.2. The van der Waals surface area contributed by atoms with Crippen molar-refractivity contribution in [2.45, 2.75) is 52.4 Å². The molecular formula is C21H32N4O3S. The van der Waals surface area contributed by atoms with Gasteiger partial charge in [-0.2, -0.15) is 5.10 Å². The minimum absolute atomic E-state index is 0.158. The van der Waals surface area contributed by atoms with E-state index in [4.69, 9.17) is 0 Å². The molecule has 1 heterocycles. The number of rotatable bonds is 9. The van der Waals surface area contributed by atoms with Crippen LogP contribution in [0.5, 0.6) is 0 Å². The van der Waals surface area contributed by atoms with E-state index >= 15 is 0 Å². The van der Waals surface area contributed by atoms with Gasteiger partial charge in [-0.3, -0.25) is 13.8 Å². The monoisotopic (exact) mass is 420 g/mol. The molecule has 0 N–H and O–H groups in total. The first-order chi connectivity index (χ1) is 13.6. The highest BCUT2D eigenvalue weighted by Gasteiger charge is 2.33. The number of carbonyl (C=O) groups is 1. The van der Waals surface area contributed by atoms with Crippen LogP contribution < -0.4 is 4.31 Å². The molecule has 0 aliphatic heterocycles. The van der Waals surface area contributed by atoms with Gasteiger partial charge in [0.2, 0.25) is 5.91 Å². The number of anilines is 1. The topological polar surface area (TPSA) is 75.5 Å². The largest absolute Gasteiger partial charge is 0.341 e. The standard InChI is InChI=1S/C21H32N4O3S/c1-7-13-24(14-8-2)20(26)15-25(19-11-9-16(3)10-12-19)29(27,28)21-17(4)22-23(6)18(21)5/h9-12H,7-8,13-15H2,1-6H3. The molecule has 0 bridgehead atoms. The van der Waals surface area contributed by atoms with Crippen molar-refractivity contribution >= 4 is 21.6 Å². The zero-order valence-corrected chi connectivity index (χ0v) is 19.1. The van der Waals surface area contributed by atoms with Crippen LogP contribution in [0.25, 0.3) is 0 Å². The molecule has 2 aromatic rings. The Morgan fingerprint density at radius 2 is 1.59 bits per heavy atom. The quantitative estimate of drug-likeness (QED) is 0.624. The third-order valence-electron chi connectivity index (χ3n) is 4.93. The van der Waals surface area contributed by atoms with E-state index in [-0.39, 0.29) is 17.3 Å². The summed E-state index contributed by atoms with van der Waals surface area (Å²) in [4.78, 5) is 14.9. The molecule has 0 atom stereocenters. The fraction of sp³-hybridized carbons (Fsp3) is 0.524. The smallest absolute Gasteiger partial charge is 0.268 e. The maximum absolute atomic E-state index is 13.6. The highest BCUT2D eigenvalue weighted by molar-refractivity contribution is 7.93. The first-order valence-electron chi connectivity index (χ1n) is 10.0. The van der Waals surface area contributed by atoms with E-state index in [1.807, 2.05) is 32.9 Å². The highest BCUT2D eigenvalue weighted by Crippen LogP contribution is 2.28. The number of hydrogen-bond donors (Lipinski definition) is 0. The van der Waals surface area contributed by atoms with E-state index in [0.29, 0.717) is 30.2 Å². The average molecular weight is 421 g/mol. The second-order valence-electron chi connectivity index (χ2n) is 7.35. The number of benzene rings is 1. The van der Waals surface area contributed by atoms with Crippen LogP contribution in [0.15, 0.2) is 29.2 Å². The lowest BCUT2D eigenvalue weighted by Crippen LogP contribution is -2.43. The maximum atomic E-state index is 13.6. The summed E-state index contributed by atoms with van der Waals surface area (Å²) in [5.41, 5.74) is 2.46. The Bertz CT molecular complexity index is 943. The molecule has 0 fully saturated rings. The van der Waals surface area contributed by atoms with Gasteiger partial charge >= 0.3 is 0 Å². The third-order valence-corrected chi connectivity index (χ3v) is 6.96. The number of nitrogens with zero attached hydrogens (tertiary/aromatic N) is 4. The molecule has 29 heavy (non-hydrogen) atoms. The number of carbonyl (C=O) groups excluding carboxylic acids is 1. The fourth-order valence-electron chi connectivity index (χ4n) is 3.39. The lowest BCUT2D eigenvalue weighted by molar-refractivity contribution is -0.129. The van der Waals surface area contributed by atoms with E-state index < -0.39 is 10.0 Å². The van der Waals surface area contributed by atoms with Gasteiger partial charge in [0.1, 0.15) is 11.4 Å². The first kappa shape index (κ1) is 22.9. The molecule has 0 spiro atoms. The second-order valence-corrected chi connectivity index (χ2v) is 9.15. The van der Waals surface area contributed by atoms with Gasteiger partial charge < -0.3 is 4.90 Å². The van der Waals surface area contributed by atoms with Crippen LogP contribution >= 0.6 is 0 Å². The molecule has 0 radical (unpaired) electrons. The van der Waals surface area contributed by atoms with Crippen molar-refractivity contribution in [3.63, 3.8) is 0 Å². The van der Waals surface area contributed by atoms with Gasteiger partial charge in [0.25, 0.3) is 10.0 Å². The molecule has 1 aromatic carbocycles. The second kappa shape index (κ2) is 9.43. The lowest BCUT2D eigenvalue weighted by Gasteiger charge is -2.28. The van der Waals surface area contributed by atoms with Gasteiger partial charge in [-0.25, -0.2) is 8.42 Å². The Morgan fingerprint density at radius 1 is 1.03 bits per heavy atom. The molecule has 0 unspecified atom stereocenters. The first-order valence-corrected chi connectivity index (χ1v) is 11.4. The van der Waals surface area contributed by atoms with Crippen LogP contribution in [-0.4, -0.2) is 48.6 Å². The van der Waals surface area contributed by atoms with Crippen molar-refractivity contribution in [2.75, 3.05) is 23.9 Å². The van der Waals surface area contributed by atoms with E-state index in [2.05, 4.69) is 5.10 Å². The van der Waals surface area contributed by atoms with Crippen molar-refractivity contribution < 1.29 is 13.2 Å². The SMILES string of the molecule is CCCN(CCC)C(=O)CN(c1ccc(C)cc1)S(=O)(=O)c1c(C)nn(C)c1C. The summed E-state index contributed by atoms with van der Waals surface area (Å²) in [6.07, 6.45) is 1.65. The zero-order chi connectivity index (χ0) is 21.8. The van der Waals surface area contributed by atoms with Crippen LogP contribution in [0, 0.1) is 20.8 Å². The van der Waals surface area contributed by atoms with Crippen molar-refractivity contribution in [1.29, 1.82) is 0 Å². The summed E-state index contributed by atoms with van der Waals surface area (Å²) in [5.74, 6) is -0.197. The van der Waals surface area contributed by atoms with Crippen LogP contribution in [0.1, 0.15) is 43.6 Å². The Morgan fingerprint density at radius 3 is 2.03 bits per heavy atom.